The lowest BCUT2D eigenvalue weighted by atomic mass is 10.1. The zero-order valence-corrected chi connectivity index (χ0v) is 16.3. The molecule has 6 heteroatoms. The fourth-order valence-electron chi connectivity index (χ4n) is 2.73. The summed E-state index contributed by atoms with van der Waals surface area (Å²) in [4.78, 5) is 25.4. The van der Waals surface area contributed by atoms with Crippen molar-refractivity contribution in [3.8, 4) is 5.75 Å². The normalized spacial score (nSPS) is 11.5. The Kier molecular flexibility index (Phi) is 6.81. The molecular formula is C22H21NO4S. The molecular weight excluding hydrogens is 374 g/mol. The van der Waals surface area contributed by atoms with Gasteiger partial charge in [-0.15, -0.1) is 11.3 Å². The van der Waals surface area contributed by atoms with Gasteiger partial charge in [-0.3, -0.25) is 9.59 Å². The van der Waals surface area contributed by atoms with Gasteiger partial charge in [-0.1, -0.05) is 48.5 Å². The Morgan fingerprint density at radius 2 is 1.75 bits per heavy atom. The van der Waals surface area contributed by atoms with E-state index in [4.69, 9.17) is 9.47 Å². The molecule has 0 saturated carbocycles. The lowest BCUT2D eigenvalue weighted by molar-refractivity contribution is -0.148. The molecule has 28 heavy (non-hydrogen) atoms. The van der Waals surface area contributed by atoms with Crippen LogP contribution in [-0.2, 0) is 20.7 Å². The molecule has 3 rings (SSSR count). The first-order valence-corrected chi connectivity index (χ1v) is 9.70. The summed E-state index contributed by atoms with van der Waals surface area (Å²) in [5.74, 6) is -0.0740. The quantitative estimate of drug-likeness (QED) is 0.590. The number of carbonyl (C=O) groups is 2. The van der Waals surface area contributed by atoms with Gasteiger partial charge in [0.1, 0.15) is 5.75 Å². The predicted molar refractivity (Wildman–Crippen MR) is 108 cm³/mol. The van der Waals surface area contributed by atoms with Gasteiger partial charge in [-0.05, 0) is 34.7 Å². The number of nitrogens with one attached hydrogen (secondary N) is 1. The van der Waals surface area contributed by atoms with Crippen LogP contribution in [0.15, 0.2) is 72.1 Å². The van der Waals surface area contributed by atoms with E-state index in [-0.39, 0.29) is 25.0 Å². The average Bonchev–Trinajstić information content (AvgIpc) is 3.26. The maximum Gasteiger partial charge on any atom is 0.310 e. The lowest BCUT2D eigenvalue weighted by Crippen LogP contribution is -2.32. The van der Waals surface area contributed by atoms with Crippen LogP contribution < -0.4 is 10.1 Å². The molecule has 2 aromatic carbocycles. The third-order valence-electron chi connectivity index (χ3n) is 4.14. The number of amides is 1. The number of methoxy groups -OCH3 is 1. The Morgan fingerprint density at radius 1 is 1.00 bits per heavy atom. The van der Waals surface area contributed by atoms with E-state index in [2.05, 4.69) is 5.32 Å². The predicted octanol–water partition coefficient (Wildman–Crippen LogP) is 3.75. The number of hydrogen-bond acceptors (Lipinski definition) is 5. The molecule has 0 unspecified atom stereocenters. The molecule has 1 aromatic heterocycles. The third kappa shape index (κ3) is 5.44. The van der Waals surface area contributed by atoms with Crippen LogP contribution in [0.1, 0.15) is 22.0 Å². The van der Waals surface area contributed by atoms with Crippen LogP contribution in [0.25, 0.3) is 0 Å². The maximum absolute atomic E-state index is 12.4. The minimum atomic E-state index is -0.451. The van der Waals surface area contributed by atoms with Crippen molar-refractivity contribution in [1.82, 2.24) is 5.32 Å². The Labute approximate surface area is 167 Å². The molecule has 144 valence electrons. The molecule has 1 atom stereocenters. The fraction of sp³-hybridized carbons (Fsp3) is 0.182. The summed E-state index contributed by atoms with van der Waals surface area (Å²) in [6.45, 7) is -0.316. The number of rotatable bonds is 8. The summed E-state index contributed by atoms with van der Waals surface area (Å²) >= 11 is 1.56. The molecule has 0 aliphatic carbocycles. The van der Waals surface area contributed by atoms with Gasteiger partial charge in [0, 0.05) is 4.88 Å². The molecule has 0 saturated heterocycles. The van der Waals surface area contributed by atoms with Crippen molar-refractivity contribution in [2.45, 2.75) is 12.5 Å². The Hall–Kier alpha value is -3.12. The van der Waals surface area contributed by atoms with Crippen LogP contribution in [-0.4, -0.2) is 25.6 Å². The molecule has 0 bridgehead atoms. The second kappa shape index (κ2) is 9.71. The standard InChI is InChI=1S/C22H21NO4S/c1-26-18-11-9-16(10-12-18)14-21(25)27-15-20(24)23-22(19-8-5-13-28-19)17-6-3-2-4-7-17/h2-13,22H,14-15H2,1H3,(H,23,24)/t22-/m0/s1. The molecule has 0 aliphatic rings. The van der Waals surface area contributed by atoms with E-state index in [9.17, 15) is 9.59 Å². The van der Waals surface area contributed by atoms with Crippen molar-refractivity contribution in [3.63, 3.8) is 0 Å². The fourth-order valence-corrected chi connectivity index (χ4v) is 3.53. The van der Waals surface area contributed by atoms with E-state index in [0.717, 1.165) is 21.8 Å². The zero-order chi connectivity index (χ0) is 19.8. The highest BCUT2D eigenvalue weighted by Crippen LogP contribution is 2.25. The Bertz CT molecular complexity index is 892. The van der Waals surface area contributed by atoms with Crippen LogP contribution in [0, 0.1) is 0 Å². The molecule has 3 aromatic rings. The van der Waals surface area contributed by atoms with Gasteiger partial charge in [-0.2, -0.15) is 0 Å². The monoisotopic (exact) mass is 395 g/mol. The summed E-state index contributed by atoms with van der Waals surface area (Å²) in [5.41, 5.74) is 1.77. The van der Waals surface area contributed by atoms with Gasteiger partial charge in [0.2, 0.25) is 0 Å². The highest BCUT2D eigenvalue weighted by atomic mass is 32.1. The van der Waals surface area contributed by atoms with E-state index in [0.29, 0.717) is 0 Å². The number of thiophene rings is 1. The van der Waals surface area contributed by atoms with Crippen molar-refractivity contribution in [3.05, 3.63) is 88.1 Å². The molecule has 1 N–H and O–H groups in total. The summed E-state index contributed by atoms with van der Waals surface area (Å²) < 4.78 is 10.2. The van der Waals surface area contributed by atoms with Crippen LogP contribution in [0.4, 0.5) is 0 Å². The first-order valence-electron chi connectivity index (χ1n) is 8.82. The Balaban J connectivity index is 1.55. The first-order chi connectivity index (χ1) is 13.7. The van der Waals surface area contributed by atoms with Crippen molar-refractivity contribution in [2.75, 3.05) is 13.7 Å². The summed E-state index contributed by atoms with van der Waals surface area (Å²) in [7, 11) is 1.58. The second-order valence-corrected chi connectivity index (χ2v) is 7.09. The molecule has 0 fully saturated rings. The van der Waals surface area contributed by atoms with Crippen molar-refractivity contribution >= 4 is 23.2 Å². The molecule has 0 radical (unpaired) electrons. The van der Waals surface area contributed by atoms with E-state index in [1.165, 1.54) is 0 Å². The number of benzene rings is 2. The highest BCUT2D eigenvalue weighted by Gasteiger charge is 2.18. The number of carbonyl (C=O) groups excluding carboxylic acids is 2. The van der Waals surface area contributed by atoms with Gasteiger partial charge >= 0.3 is 5.97 Å². The minimum Gasteiger partial charge on any atom is -0.497 e. The van der Waals surface area contributed by atoms with Crippen molar-refractivity contribution < 1.29 is 19.1 Å². The van der Waals surface area contributed by atoms with Gasteiger partial charge in [0.15, 0.2) is 6.61 Å². The topological polar surface area (TPSA) is 64.6 Å². The van der Waals surface area contributed by atoms with Crippen LogP contribution in [0.5, 0.6) is 5.75 Å². The number of hydrogen-bond donors (Lipinski definition) is 1. The number of esters is 1. The van der Waals surface area contributed by atoms with Gasteiger partial charge in [-0.25, -0.2) is 0 Å². The van der Waals surface area contributed by atoms with E-state index >= 15 is 0 Å². The van der Waals surface area contributed by atoms with Gasteiger partial charge < -0.3 is 14.8 Å². The van der Waals surface area contributed by atoms with E-state index < -0.39 is 5.97 Å². The molecule has 1 amide bonds. The third-order valence-corrected chi connectivity index (χ3v) is 5.07. The van der Waals surface area contributed by atoms with Crippen LogP contribution >= 0.6 is 11.3 Å². The summed E-state index contributed by atoms with van der Waals surface area (Å²) in [6, 6.07) is 20.5. The van der Waals surface area contributed by atoms with Crippen molar-refractivity contribution in [1.29, 1.82) is 0 Å². The molecule has 1 heterocycles. The average molecular weight is 395 g/mol. The van der Waals surface area contributed by atoms with Crippen molar-refractivity contribution in [2.24, 2.45) is 0 Å². The molecule has 5 nitrogen and oxygen atoms in total. The molecule has 0 spiro atoms. The van der Waals surface area contributed by atoms with E-state index in [1.54, 1.807) is 42.7 Å². The highest BCUT2D eigenvalue weighted by molar-refractivity contribution is 7.10. The van der Waals surface area contributed by atoms with Gasteiger partial charge in [0.05, 0.1) is 19.6 Å². The largest absolute Gasteiger partial charge is 0.497 e. The lowest BCUT2D eigenvalue weighted by Gasteiger charge is -2.18. The molecule has 0 aliphatic heterocycles. The second-order valence-electron chi connectivity index (χ2n) is 6.11. The zero-order valence-electron chi connectivity index (χ0n) is 15.5. The maximum atomic E-state index is 12.4. The number of ether oxygens (including phenoxy) is 2. The van der Waals surface area contributed by atoms with Gasteiger partial charge in [0.25, 0.3) is 5.91 Å². The van der Waals surface area contributed by atoms with Crippen LogP contribution in [0.3, 0.4) is 0 Å². The summed E-state index contributed by atoms with van der Waals surface area (Å²) in [6.07, 6.45) is 0.102. The minimum absolute atomic E-state index is 0.102. The SMILES string of the molecule is COc1ccc(CC(=O)OCC(=O)N[C@@H](c2ccccc2)c2cccs2)cc1. The first kappa shape index (κ1) is 19.6. The summed E-state index contributed by atoms with van der Waals surface area (Å²) in [5, 5.41) is 4.91. The smallest absolute Gasteiger partial charge is 0.310 e. The van der Waals surface area contributed by atoms with Crippen LogP contribution in [0.2, 0.25) is 0 Å². The Morgan fingerprint density at radius 3 is 2.39 bits per heavy atom. The van der Waals surface area contributed by atoms with E-state index in [1.807, 2.05) is 47.8 Å².